The topological polar surface area (TPSA) is 40.5 Å². The van der Waals surface area contributed by atoms with Crippen LogP contribution < -0.4 is 0 Å². The molecular weight excluding hydrogens is 248 g/mol. The maximum atomic E-state index is 10.0. The van der Waals surface area contributed by atoms with Crippen LogP contribution in [-0.2, 0) is 13.2 Å². The summed E-state index contributed by atoms with van der Waals surface area (Å²) in [6.45, 7) is 0.422. The van der Waals surface area contributed by atoms with Gasteiger partial charge in [-0.3, -0.25) is 0 Å². The lowest BCUT2D eigenvalue weighted by atomic mass is 9.76. The van der Waals surface area contributed by atoms with E-state index in [1.807, 2.05) is 0 Å². The molecule has 0 spiro atoms. The minimum absolute atomic E-state index is 0.211. The van der Waals surface area contributed by atoms with Crippen LogP contribution in [0.4, 0.5) is 0 Å². The van der Waals surface area contributed by atoms with Crippen molar-refractivity contribution in [1.82, 2.24) is 0 Å². The summed E-state index contributed by atoms with van der Waals surface area (Å²) in [5, 5.41) is 20.0. The molecule has 1 aromatic rings. The molecule has 5 rings (SSSR count). The number of rotatable bonds is 2. The van der Waals surface area contributed by atoms with Crippen LogP contribution in [0.5, 0.6) is 0 Å². The highest BCUT2D eigenvalue weighted by atomic mass is 16.3. The zero-order valence-electron chi connectivity index (χ0n) is 11.9. The lowest BCUT2D eigenvalue weighted by Crippen LogP contribution is -2.15. The summed E-state index contributed by atoms with van der Waals surface area (Å²) in [6, 6.07) is 0. The molecule has 1 aromatic carbocycles. The highest BCUT2D eigenvalue weighted by molar-refractivity contribution is 5.62. The molecule has 2 saturated carbocycles. The second-order valence-corrected chi connectivity index (χ2v) is 7.34. The van der Waals surface area contributed by atoms with Gasteiger partial charge in [-0.25, -0.2) is 0 Å². The van der Waals surface area contributed by atoms with Crippen LogP contribution in [0, 0.1) is 0 Å². The van der Waals surface area contributed by atoms with Gasteiger partial charge in [-0.05, 0) is 95.6 Å². The van der Waals surface area contributed by atoms with Crippen LogP contribution in [0.25, 0.3) is 0 Å². The summed E-state index contributed by atoms with van der Waals surface area (Å²) < 4.78 is 0. The average molecular weight is 270 g/mol. The van der Waals surface area contributed by atoms with Crippen LogP contribution in [0.15, 0.2) is 0 Å². The second kappa shape index (κ2) is 3.86. The van der Waals surface area contributed by atoms with Gasteiger partial charge in [0.2, 0.25) is 0 Å². The van der Waals surface area contributed by atoms with E-state index in [1.165, 1.54) is 71.9 Å². The first-order chi connectivity index (χ1) is 9.83. The van der Waals surface area contributed by atoms with Gasteiger partial charge in [0.1, 0.15) is 0 Å². The Balaban J connectivity index is 1.87. The first kappa shape index (κ1) is 11.8. The fourth-order valence-corrected chi connectivity index (χ4v) is 6.16. The van der Waals surface area contributed by atoms with Crippen molar-refractivity contribution in [1.29, 1.82) is 0 Å². The maximum Gasteiger partial charge on any atom is 0.0687 e. The monoisotopic (exact) mass is 270 g/mol. The molecule has 0 aromatic heterocycles. The molecule has 4 atom stereocenters. The van der Waals surface area contributed by atoms with Crippen molar-refractivity contribution < 1.29 is 10.2 Å². The standard InChI is InChI=1S/C18H22O2/c19-7-13-15-9-1-2-10(5-9)16(15)14(8-20)18-12-4-3-11(6-12)17(13)18/h9-12,19-20H,1-8H2. The predicted octanol–water partition coefficient (Wildman–Crippen LogP) is 3.40. The Hall–Kier alpha value is -0.860. The lowest BCUT2D eigenvalue weighted by molar-refractivity contribution is 0.272. The molecule has 0 heterocycles. The Bertz CT molecular complexity index is 506. The van der Waals surface area contributed by atoms with Gasteiger partial charge in [0, 0.05) is 0 Å². The SMILES string of the molecule is OCc1c2c(c(CO)c3c1C1CCC3C1)C1CCC2C1. The number of aliphatic hydroxyl groups excluding tert-OH is 2. The zero-order chi connectivity index (χ0) is 13.4. The van der Waals surface area contributed by atoms with Crippen LogP contribution in [0.3, 0.4) is 0 Å². The quantitative estimate of drug-likeness (QED) is 0.864. The molecule has 4 unspecified atom stereocenters. The van der Waals surface area contributed by atoms with Crippen molar-refractivity contribution in [3.05, 3.63) is 33.4 Å². The molecule has 4 aliphatic rings. The van der Waals surface area contributed by atoms with Crippen molar-refractivity contribution in [2.75, 3.05) is 0 Å². The van der Waals surface area contributed by atoms with Crippen molar-refractivity contribution in [2.45, 2.75) is 75.4 Å². The molecule has 0 radical (unpaired) electrons. The Morgan fingerprint density at radius 2 is 0.900 bits per heavy atom. The smallest absolute Gasteiger partial charge is 0.0687 e. The van der Waals surface area contributed by atoms with Crippen molar-refractivity contribution in [3.63, 3.8) is 0 Å². The highest BCUT2D eigenvalue weighted by Gasteiger charge is 2.47. The Morgan fingerprint density at radius 3 is 1.15 bits per heavy atom. The molecule has 0 saturated heterocycles. The minimum Gasteiger partial charge on any atom is -0.392 e. The second-order valence-electron chi connectivity index (χ2n) is 7.34. The minimum atomic E-state index is 0.211. The molecule has 0 aliphatic heterocycles. The summed E-state index contributed by atoms with van der Waals surface area (Å²) in [5.74, 6) is 2.69. The third-order valence-corrected chi connectivity index (χ3v) is 6.70. The van der Waals surface area contributed by atoms with Gasteiger partial charge in [0.05, 0.1) is 13.2 Å². The number of benzene rings is 1. The van der Waals surface area contributed by atoms with E-state index < -0.39 is 0 Å². The summed E-state index contributed by atoms with van der Waals surface area (Å²) in [5.41, 5.74) is 8.45. The first-order valence-corrected chi connectivity index (χ1v) is 8.26. The molecule has 0 amide bonds. The normalized spacial score (nSPS) is 35.7. The fraction of sp³-hybridized carbons (Fsp3) is 0.667. The van der Waals surface area contributed by atoms with E-state index in [0.29, 0.717) is 23.7 Å². The summed E-state index contributed by atoms with van der Waals surface area (Å²) in [6.07, 6.45) is 7.72. The molecular formula is C18H22O2. The first-order valence-electron chi connectivity index (χ1n) is 8.26. The lowest BCUT2D eigenvalue weighted by Gasteiger charge is -2.29. The van der Waals surface area contributed by atoms with Gasteiger partial charge < -0.3 is 10.2 Å². The summed E-state index contributed by atoms with van der Waals surface area (Å²) >= 11 is 0. The van der Waals surface area contributed by atoms with E-state index in [4.69, 9.17) is 0 Å². The number of fused-ring (bicyclic) bond motifs is 10. The largest absolute Gasteiger partial charge is 0.392 e. The third kappa shape index (κ3) is 1.19. The molecule has 20 heavy (non-hydrogen) atoms. The highest BCUT2D eigenvalue weighted by Crippen LogP contribution is 2.62. The van der Waals surface area contributed by atoms with Crippen LogP contribution in [-0.4, -0.2) is 10.2 Å². The Labute approximate surface area is 119 Å². The van der Waals surface area contributed by atoms with E-state index in [2.05, 4.69) is 0 Å². The van der Waals surface area contributed by atoms with Crippen molar-refractivity contribution in [2.24, 2.45) is 0 Å². The molecule has 106 valence electrons. The third-order valence-electron chi connectivity index (χ3n) is 6.70. The van der Waals surface area contributed by atoms with E-state index in [-0.39, 0.29) is 13.2 Å². The van der Waals surface area contributed by atoms with Gasteiger partial charge in [-0.2, -0.15) is 0 Å². The van der Waals surface area contributed by atoms with E-state index in [9.17, 15) is 10.2 Å². The molecule has 4 bridgehead atoms. The van der Waals surface area contributed by atoms with Crippen molar-refractivity contribution >= 4 is 0 Å². The predicted molar refractivity (Wildman–Crippen MR) is 77.0 cm³/mol. The zero-order valence-corrected chi connectivity index (χ0v) is 11.9. The number of aliphatic hydroxyl groups is 2. The Morgan fingerprint density at radius 1 is 0.600 bits per heavy atom. The van der Waals surface area contributed by atoms with Gasteiger partial charge in [-0.15, -0.1) is 0 Å². The summed E-state index contributed by atoms with van der Waals surface area (Å²) in [7, 11) is 0. The average Bonchev–Trinajstić information content (AvgIpc) is 3.23. The van der Waals surface area contributed by atoms with E-state index in [0.717, 1.165) is 0 Å². The molecule has 4 aliphatic carbocycles. The fourth-order valence-electron chi connectivity index (χ4n) is 6.16. The van der Waals surface area contributed by atoms with Crippen LogP contribution in [0.2, 0.25) is 0 Å². The molecule has 2 fully saturated rings. The van der Waals surface area contributed by atoms with Gasteiger partial charge in [0.15, 0.2) is 0 Å². The van der Waals surface area contributed by atoms with Gasteiger partial charge in [-0.1, -0.05) is 0 Å². The molecule has 2 heteroatoms. The number of hydrogen-bond acceptors (Lipinski definition) is 2. The summed E-state index contributed by atoms with van der Waals surface area (Å²) in [4.78, 5) is 0. The maximum absolute atomic E-state index is 10.0. The van der Waals surface area contributed by atoms with E-state index >= 15 is 0 Å². The Kier molecular flexibility index (Phi) is 2.27. The number of hydrogen-bond donors (Lipinski definition) is 2. The van der Waals surface area contributed by atoms with Crippen LogP contribution >= 0.6 is 0 Å². The molecule has 2 nitrogen and oxygen atoms in total. The molecule has 2 N–H and O–H groups in total. The van der Waals surface area contributed by atoms with E-state index in [1.54, 1.807) is 0 Å². The van der Waals surface area contributed by atoms with Crippen molar-refractivity contribution in [3.8, 4) is 0 Å². The van der Waals surface area contributed by atoms with Gasteiger partial charge in [0.25, 0.3) is 0 Å². The van der Waals surface area contributed by atoms with Crippen LogP contribution in [0.1, 0.15) is 95.6 Å². The van der Waals surface area contributed by atoms with Gasteiger partial charge >= 0.3 is 0 Å².